The molecular weight excluding hydrogens is 238 g/mol. The van der Waals surface area contributed by atoms with E-state index in [-0.39, 0.29) is 0 Å². The predicted molar refractivity (Wildman–Crippen MR) is 75.1 cm³/mol. The van der Waals surface area contributed by atoms with Crippen molar-refractivity contribution in [2.24, 2.45) is 0 Å². The van der Waals surface area contributed by atoms with Gasteiger partial charge in [0.15, 0.2) is 0 Å². The van der Waals surface area contributed by atoms with E-state index >= 15 is 0 Å². The fourth-order valence-corrected chi connectivity index (χ4v) is 2.89. The first kappa shape index (κ1) is 12.9. The lowest BCUT2D eigenvalue weighted by Gasteiger charge is -2.25. The molecule has 1 saturated carbocycles. The Hall–Kier alpha value is -1.13. The summed E-state index contributed by atoms with van der Waals surface area (Å²) in [5, 5.41) is 13.5. The van der Waals surface area contributed by atoms with Gasteiger partial charge in [-0.15, -0.1) is 0 Å². The van der Waals surface area contributed by atoms with Gasteiger partial charge in [-0.1, -0.05) is 0 Å². The number of hydrogen-bond donors (Lipinski definition) is 2. The van der Waals surface area contributed by atoms with Gasteiger partial charge in [0.25, 0.3) is 0 Å². The molecule has 3 rings (SSSR count). The monoisotopic (exact) mass is 261 g/mol. The quantitative estimate of drug-likeness (QED) is 0.848. The topological polar surface area (TPSA) is 48.4 Å². The number of nitrogens with one attached hydrogen (secondary N) is 1. The molecule has 2 fully saturated rings. The lowest BCUT2D eigenvalue weighted by molar-refractivity contribution is 0.225. The van der Waals surface area contributed by atoms with Crippen LogP contribution in [0.5, 0.6) is 5.75 Å². The van der Waals surface area contributed by atoms with Crippen molar-refractivity contribution in [2.45, 2.75) is 51.2 Å². The Balaban J connectivity index is 1.68. The summed E-state index contributed by atoms with van der Waals surface area (Å²) in [6.07, 6.45) is 5.15. The average molecular weight is 261 g/mol. The second-order valence-corrected chi connectivity index (χ2v) is 5.87. The highest BCUT2D eigenvalue weighted by Gasteiger charge is 2.31. The third-order valence-electron chi connectivity index (χ3n) is 4.12. The van der Waals surface area contributed by atoms with Gasteiger partial charge in [0.2, 0.25) is 0 Å². The van der Waals surface area contributed by atoms with Crippen LogP contribution in [0.25, 0.3) is 0 Å². The molecular formula is C15H23N3O. The van der Waals surface area contributed by atoms with Gasteiger partial charge in [0.05, 0.1) is 5.69 Å². The van der Waals surface area contributed by atoms with Crippen molar-refractivity contribution >= 4 is 0 Å². The number of aryl methyl sites for hydroxylation is 1. The van der Waals surface area contributed by atoms with Crippen molar-refractivity contribution in [1.29, 1.82) is 0 Å². The van der Waals surface area contributed by atoms with Gasteiger partial charge in [-0.3, -0.25) is 9.88 Å². The minimum atomic E-state index is 0.329. The van der Waals surface area contributed by atoms with Crippen molar-refractivity contribution in [1.82, 2.24) is 15.2 Å². The Morgan fingerprint density at radius 3 is 2.89 bits per heavy atom. The molecule has 1 aromatic heterocycles. The molecule has 0 unspecified atom stereocenters. The minimum Gasteiger partial charge on any atom is -0.506 e. The number of pyridine rings is 1. The molecule has 1 aliphatic heterocycles. The highest BCUT2D eigenvalue weighted by atomic mass is 16.3. The Labute approximate surface area is 114 Å². The summed E-state index contributed by atoms with van der Waals surface area (Å²) in [6.45, 7) is 4.98. The molecule has 4 nitrogen and oxygen atoms in total. The first-order valence-electron chi connectivity index (χ1n) is 7.35. The van der Waals surface area contributed by atoms with Gasteiger partial charge in [0.1, 0.15) is 5.75 Å². The van der Waals surface area contributed by atoms with E-state index < -0.39 is 0 Å². The number of aromatic hydroxyl groups is 1. The van der Waals surface area contributed by atoms with Crippen LogP contribution in [0, 0.1) is 6.92 Å². The van der Waals surface area contributed by atoms with E-state index in [1.54, 1.807) is 6.07 Å². The van der Waals surface area contributed by atoms with Crippen LogP contribution in [-0.2, 0) is 6.54 Å². The summed E-state index contributed by atoms with van der Waals surface area (Å²) >= 11 is 0. The molecule has 0 bridgehead atoms. The van der Waals surface area contributed by atoms with E-state index in [0.717, 1.165) is 31.0 Å². The fourth-order valence-electron chi connectivity index (χ4n) is 2.89. The lowest BCUT2D eigenvalue weighted by atomic mass is 10.2. The van der Waals surface area contributed by atoms with Gasteiger partial charge >= 0.3 is 0 Å². The highest BCUT2D eigenvalue weighted by molar-refractivity contribution is 5.27. The number of nitrogens with zero attached hydrogens (tertiary/aromatic N) is 2. The summed E-state index contributed by atoms with van der Waals surface area (Å²) in [4.78, 5) is 6.98. The van der Waals surface area contributed by atoms with E-state index in [1.807, 2.05) is 13.0 Å². The van der Waals surface area contributed by atoms with Crippen LogP contribution in [-0.4, -0.2) is 40.2 Å². The number of hydrogen-bond acceptors (Lipinski definition) is 4. The molecule has 1 aromatic rings. The third kappa shape index (κ3) is 3.25. The molecule has 0 radical (unpaired) electrons. The molecule has 0 aromatic carbocycles. The SMILES string of the molecule is Cc1ccc(O)c(CN(C[C@H]2CCCN2)C2CC2)n1. The molecule has 2 aliphatic rings. The van der Waals surface area contributed by atoms with E-state index in [9.17, 15) is 5.11 Å². The summed E-state index contributed by atoms with van der Waals surface area (Å²) in [5.41, 5.74) is 1.80. The van der Waals surface area contributed by atoms with Crippen LogP contribution < -0.4 is 5.32 Å². The fraction of sp³-hybridized carbons (Fsp3) is 0.667. The maximum atomic E-state index is 9.94. The van der Waals surface area contributed by atoms with Crippen LogP contribution in [0.4, 0.5) is 0 Å². The average Bonchev–Trinajstić information content (AvgIpc) is 3.12. The minimum absolute atomic E-state index is 0.329. The van der Waals surface area contributed by atoms with Crippen LogP contribution in [0.3, 0.4) is 0 Å². The zero-order valence-corrected chi connectivity index (χ0v) is 11.6. The maximum absolute atomic E-state index is 9.94. The molecule has 1 saturated heterocycles. The Bertz CT molecular complexity index is 439. The van der Waals surface area contributed by atoms with Gasteiger partial charge in [-0.25, -0.2) is 0 Å². The van der Waals surface area contributed by atoms with E-state index in [4.69, 9.17) is 0 Å². The molecule has 2 N–H and O–H groups in total. The second kappa shape index (κ2) is 5.47. The summed E-state index contributed by atoms with van der Waals surface area (Å²) in [6, 6.07) is 4.94. The van der Waals surface area contributed by atoms with Gasteiger partial charge < -0.3 is 10.4 Å². The van der Waals surface area contributed by atoms with Crippen molar-refractivity contribution < 1.29 is 5.11 Å². The third-order valence-corrected chi connectivity index (χ3v) is 4.12. The summed E-state index contributed by atoms with van der Waals surface area (Å²) in [7, 11) is 0. The molecule has 0 spiro atoms. The smallest absolute Gasteiger partial charge is 0.138 e. The van der Waals surface area contributed by atoms with Crippen molar-refractivity contribution in [3.05, 3.63) is 23.5 Å². The largest absolute Gasteiger partial charge is 0.506 e. The zero-order valence-electron chi connectivity index (χ0n) is 11.6. The van der Waals surface area contributed by atoms with E-state index in [0.29, 0.717) is 17.8 Å². The normalized spacial score (nSPS) is 23.2. The number of aromatic nitrogens is 1. The molecule has 2 heterocycles. The van der Waals surface area contributed by atoms with Crippen LogP contribution in [0.2, 0.25) is 0 Å². The lowest BCUT2D eigenvalue weighted by Crippen LogP contribution is -2.38. The van der Waals surface area contributed by atoms with Gasteiger partial charge in [-0.05, 0) is 51.3 Å². The predicted octanol–water partition coefficient (Wildman–Crippen LogP) is 1.81. The molecule has 104 valence electrons. The van der Waals surface area contributed by atoms with E-state index in [2.05, 4.69) is 15.2 Å². The molecule has 1 aliphatic carbocycles. The molecule has 4 heteroatoms. The second-order valence-electron chi connectivity index (χ2n) is 5.87. The Morgan fingerprint density at radius 1 is 1.37 bits per heavy atom. The molecule has 1 atom stereocenters. The summed E-state index contributed by atoms with van der Waals surface area (Å²) in [5.74, 6) is 0.329. The van der Waals surface area contributed by atoms with Crippen LogP contribution >= 0.6 is 0 Å². The van der Waals surface area contributed by atoms with Gasteiger partial charge in [0, 0.05) is 30.9 Å². The first-order valence-corrected chi connectivity index (χ1v) is 7.35. The molecule has 19 heavy (non-hydrogen) atoms. The summed E-state index contributed by atoms with van der Waals surface area (Å²) < 4.78 is 0. The highest BCUT2D eigenvalue weighted by Crippen LogP contribution is 2.30. The number of rotatable bonds is 5. The van der Waals surface area contributed by atoms with Crippen LogP contribution in [0.1, 0.15) is 37.1 Å². The van der Waals surface area contributed by atoms with Crippen LogP contribution in [0.15, 0.2) is 12.1 Å². The Morgan fingerprint density at radius 2 is 2.21 bits per heavy atom. The standard InChI is InChI=1S/C15H23N3O/c1-11-4-7-15(19)14(17-11)10-18(13-5-6-13)9-12-3-2-8-16-12/h4,7,12-13,16,19H,2-3,5-6,8-10H2,1H3/t12-/m1/s1. The van der Waals surface area contributed by atoms with Crippen molar-refractivity contribution in [3.63, 3.8) is 0 Å². The zero-order chi connectivity index (χ0) is 13.2. The van der Waals surface area contributed by atoms with Gasteiger partial charge in [-0.2, -0.15) is 0 Å². The van der Waals surface area contributed by atoms with E-state index in [1.165, 1.54) is 25.7 Å². The van der Waals surface area contributed by atoms with Crippen molar-refractivity contribution in [3.8, 4) is 5.75 Å². The first-order chi connectivity index (χ1) is 9.22. The molecule has 0 amide bonds. The maximum Gasteiger partial charge on any atom is 0.138 e. The Kier molecular flexibility index (Phi) is 3.71. The van der Waals surface area contributed by atoms with Crippen molar-refractivity contribution in [2.75, 3.05) is 13.1 Å².